The Labute approximate surface area is 150 Å². The van der Waals surface area contributed by atoms with Gasteiger partial charge in [-0.25, -0.2) is 0 Å². The Morgan fingerprint density at radius 3 is 1.61 bits per heavy atom. The molecule has 6 nitrogen and oxygen atoms in total. The van der Waals surface area contributed by atoms with Crippen LogP contribution >= 0.6 is 0 Å². The Morgan fingerprint density at radius 1 is 0.889 bits per heavy atom. The van der Waals surface area contributed by atoms with Gasteiger partial charge in [0.2, 0.25) is 4.24 Å². The van der Waals surface area contributed by atoms with Crippen molar-refractivity contribution in [1.82, 2.24) is 0 Å². The fourth-order valence-electron chi connectivity index (χ4n) is 0.967. The van der Waals surface area contributed by atoms with E-state index in [-0.39, 0.29) is 64.7 Å². The molecule has 0 aromatic heterocycles. The van der Waals surface area contributed by atoms with E-state index in [1.54, 1.807) is 6.07 Å². The van der Waals surface area contributed by atoms with Gasteiger partial charge in [-0.3, -0.25) is 9.11 Å². The van der Waals surface area contributed by atoms with Crippen LogP contribution in [0.2, 0.25) is 0 Å². The van der Waals surface area contributed by atoms with Gasteiger partial charge in [0.15, 0.2) is 0 Å². The average Bonchev–Trinajstić information content (AvgIpc) is 2.12. The van der Waals surface area contributed by atoms with E-state index >= 15 is 0 Å². The van der Waals surface area contributed by atoms with E-state index in [1.807, 2.05) is 0 Å². The van der Waals surface area contributed by atoms with E-state index in [9.17, 15) is 16.8 Å². The van der Waals surface area contributed by atoms with Crippen molar-refractivity contribution in [2.45, 2.75) is 0 Å². The quantitative estimate of drug-likeness (QED) is 0.601. The molecule has 1 aromatic rings. The van der Waals surface area contributed by atoms with Crippen molar-refractivity contribution in [2.75, 3.05) is 0 Å². The summed E-state index contributed by atoms with van der Waals surface area (Å²) in [6.45, 7) is 0. The van der Waals surface area contributed by atoms with Gasteiger partial charge < -0.3 is 0 Å². The molecule has 0 fully saturated rings. The molecule has 0 aliphatic heterocycles. The van der Waals surface area contributed by atoms with Crippen molar-refractivity contribution in [3.63, 3.8) is 0 Å². The maximum absolute atomic E-state index is 10.7. The van der Waals surface area contributed by atoms with Crippen LogP contribution < -0.4 is 0 Å². The maximum Gasteiger partial charge on any atom is 0.308 e. The van der Waals surface area contributed by atoms with Crippen LogP contribution in [0.4, 0.5) is 0 Å². The molecule has 1 aromatic carbocycles. The molecular weight excluding hydrogens is 302 g/mol. The maximum atomic E-state index is 10.7. The van der Waals surface area contributed by atoms with E-state index in [1.165, 1.54) is 24.3 Å². The van der Waals surface area contributed by atoms with Crippen molar-refractivity contribution in [3.05, 3.63) is 40.1 Å². The Bertz CT molecular complexity index is 572. The summed E-state index contributed by atoms with van der Waals surface area (Å²) in [6.07, 6.45) is 0.657. The first-order chi connectivity index (χ1) is 7.21. The van der Waals surface area contributed by atoms with Crippen molar-refractivity contribution in [2.24, 2.45) is 0 Å². The molecule has 0 amide bonds. The number of hydrogen-bond donors (Lipinski definition) is 2. The Morgan fingerprint density at radius 2 is 1.28 bits per heavy atom. The summed E-state index contributed by atoms with van der Waals surface area (Å²) < 4.78 is 58.7. The average molecular weight is 310 g/mol. The van der Waals surface area contributed by atoms with E-state index in [4.69, 9.17) is 9.11 Å². The molecule has 0 aliphatic rings. The van der Waals surface area contributed by atoms with E-state index in [0.29, 0.717) is 6.08 Å². The number of hydrogen-bond acceptors (Lipinski definition) is 4. The molecule has 0 saturated carbocycles. The zero-order valence-corrected chi connectivity index (χ0v) is 15.4. The van der Waals surface area contributed by atoms with Crippen LogP contribution in [0.1, 0.15) is 5.56 Å². The van der Waals surface area contributed by atoms with Gasteiger partial charge in [0, 0.05) is 59.1 Å². The van der Waals surface area contributed by atoms with Gasteiger partial charge in [-0.2, -0.15) is 16.8 Å². The molecule has 10 heteroatoms. The fourth-order valence-corrected chi connectivity index (χ4v) is 2.60. The van der Waals surface area contributed by atoms with Crippen LogP contribution in [0, 0.1) is 0 Å². The predicted octanol–water partition coefficient (Wildman–Crippen LogP) is -0.001000. The summed E-state index contributed by atoms with van der Waals surface area (Å²) in [7, 11) is -10.00. The minimum Gasteiger partial charge on any atom is -0.281 e. The monoisotopic (exact) mass is 310 g/mol. The summed E-state index contributed by atoms with van der Waals surface area (Å²) >= 11 is 0. The standard InChI is InChI=1S/C8H8O6S2.2Na/c9-15(10,11)8(16(12,13)14)6-7-4-2-1-3-5-7;;/h1-6H,(H,9,10,11)(H,12,13,14);;. The Hall–Kier alpha value is 0.780. The number of rotatable bonds is 3. The zero-order chi connectivity index (χ0) is 12.4. The van der Waals surface area contributed by atoms with Gasteiger partial charge in [-0.1, -0.05) is 30.3 Å². The van der Waals surface area contributed by atoms with Crippen LogP contribution in [-0.4, -0.2) is 85.1 Å². The van der Waals surface area contributed by atoms with Crippen LogP contribution in [0.3, 0.4) is 0 Å². The van der Waals surface area contributed by atoms with Gasteiger partial charge in [0.25, 0.3) is 0 Å². The predicted molar refractivity (Wildman–Crippen MR) is 69.0 cm³/mol. The van der Waals surface area contributed by atoms with Crippen molar-refractivity contribution >= 4 is 85.4 Å². The van der Waals surface area contributed by atoms with Crippen LogP contribution in [0.5, 0.6) is 0 Å². The molecule has 0 saturated heterocycles. The molecular formula is C8H8Na2O6S2. The molecule has 90 valence electrons. The summed E-state index contributed by atoms with van der Waals surface area (Å²) in [5.74, 6) is 0. The summed E-state index contributed by atoms with van der Waals surface area (Å²) in [5.41, 5.74) is 0.216. The minimum absolute atomic E-state index is 0. The molecule has 0 heterocycles. The summed E-state index contributed by atoms with van der Waals surface area (Å²) in [5, 5.41) is 0. The SMILES string of the molecule is O=S(=O)(O)C(=Cc1ccccc1)S(=O)(=O)O.[Na].[Na]. The van der Waals surface area contributed by atoms with Crippen LogP contribution in [0.25, 0.3) is 6.08 Å². The minimum atomic E-state index is -5.00. The molecule has 18 heavy (non-hydrogen) atoms. The van der Waals surface area contributed by atoms with Crippen molar-refractivity contribution in [1.29, 1.82) is 0 Å². The third-order valence-corrected chi connectivity index (χ3v) is 4.11. The third kappa shape index (κ3) is 6.80. The van der Waals surface area contributed by atoms with E-state index in [0.717, 1.165) is 0 Å². The summed E-state index contributed by atoms with van der Waals surface area (Å²) in [6, 6.07) is 7.54. The second-order valence-electron chi connectivity index (χ2n) is 2.82. The fraction of sp³-hybridized carbons (Fsp3) is 0. The normalized spacial score (nSPS) is 10.8. The first kappa shape index (κ1) is 21.1. The second kappa shape index (κ2) is 8.15. The molecule has 1 rings (SSSR count). The molecule has 0 aliphatic carbocycles. The van der Waals surface area contributed by atoms with Gasteiger partial charge >= 0.3 is 20.2 Å². The molecule has 0 unspecified atom stereocenters. The van der Waals surface area contributed by atoms with Gasteiger partial charge in [0.05, 0.1) is 0 Å². The van der Waals surface area contributed by atoms with E-state index < -0.39 is 24.5 Å². The third-order valence-electron chi connectivity index (χ3n) is 1.59. The van der Waals surface area contributed by atoms with Crippen LogP contribution in [0.15, 0.2) is 34.6 Å². The molecule has 0 atom stereocenters. The van der Waals surface area contributed by atoms with Crippen molar-refractivity contribution < 1.29 is 25.9 Å². The Kier molecular flexibility index (Phi) is 9.55. The molecule has 2 N–H and O–H groups in total. The van der Waals surface area contributed by atoms with E-state index in [2.05, 4.69) is 0 Å². The largest absolute Gasteiger partial charge is 0.308 e. The Balaban J connectivity index is 0. The second-order valence-corrected chi connectivity index (χ2v) is 5.86. The number of benzene rings is 1. The summed E-state index contributed by atoms with van der Waals surface area (Å²) in [4.78, 5) is 0. The smallest absolute Gasteiger partial charge is 0.281 e. The molecule has 2 radical (unpaired) electrons. The topological polar surface area (TPSA) is 109 Å². The molecule has 0 spiro atoms. The van der Waals surface area contributed by atoms with Crippen molar-refractivity contribution in [3.8, 4) is 0 Å². The zero-order valence-electron chi connectivity index (χ0n) is 9.81. The van der Waals surface area contributed by atoms with Gasteiger partial charge in [-0.15, -0.1) is 0 Å². The van der Waals surface area contributed by atoms with Gasteiger partial charge in [-0.05, 0) is 11.6 Å². The van der Waals surface area contributed by atoms with Crippen LogP contribution in [-0.2, 0) is 20.2 Å². The molecule has 0 bridgehead atoms. The van der Waals surface area contributed by atoms with Gasteiger partial charge in [0.1, 0.15) is 0 Å². The first-order valence-corrected chi connectivity index (χ1v) is 6.81. The first-order valence-electron chi connectivity index (χ1n) is 3.93.